The minimum atomic E-state index is -0.0124. The number of thioether (sulfide) groups is 2. The molecule has 0 unspecified atom stereocenters. The highest BCUT2D eigenvalue weighted by molar-refractivity contribution is 7.99. The molecule has 3 aromatic rings. The van der Waals surface area contributed by atoms with Gasteiger partial charge in [-0.15, -0.1) is 0 Å². The van der Waals surface area contributed by atoms with Gasteiger partial charge in [-0.2, -0.15) is 11.8 Å². The van der Waals surface area contributed by atoms with Crippen molar-refractivity contribution in [1.82, 2.24) is 14.5 Å². The summed E-state index contributed by atoms with van der Waals surface area (Å²) in [6.07, 6.45) is 3.73. The molecule has 5 nitrogen and oxygen atoms in total. The number of nitrogens with one attached hydrogen (secondary N) is 1. The lowest BCUT2D eigenvalue weighted by atomic mass is 10.1. The van der Waals surface area contributed by atoms with Gasteiger partial charge in [-0.05, 0) is 48.7 Å². The molecular weight excluding hydrogens is 424 g/mol. The maximum Gasteiger partial charge on any atom is 0.234 e. The molecule has 1 N–H and O–H groups in total. The van der Waals surface area contributed by atoms with Gasteiger partial charge < -0.3 is 5.32 Å². The van der Waals surface area contributed by atoms with E-state index in [1.54, 1.807) is 6.20 Å². The molecule has 7 heteroatoms. The zero-order valence-electron chi connectivity index (χ0n) is 18.0. The van der Waals surface area contributed by atoms with Gasteiger partial charge in [0, 0.05) is 54.9 Å². The van der Waals surface area contributed by atoms with E-state index in [-0.39, 0.29) is 5.91 Å². The SMILES string of the molecule is Cc1cc(C)cc(-n2ccnc2SCC(=O)Nc2ccccc2CN2CCSCC2)c1. The smallest absolute Gasteiger partial charge is 0.234 e. The molecule has 162 valence electrons. The Balaban J connectivity index is 1.39. The lowest BCUT2D eigenvalue weighted by molar-refractivity contribution is -0.113. The normalized spacial score (nSPS) is 14.5. The molecule has 0 spiro atoms. The number of rotatable bonds is 7. The Labute approximate surface area is 192 Å². The van der Waals surface area contributed by atoms with Crippen LogP contribution in [0.5, 0.6) is 0 Å². The lowest BCUT2D eigenvalue weighted by Crippen LogP contribution is -2.32. The van der Waals surface area contributed by atoms with E-state index in [1.165, 1.54) is 40.0 Å². The van der Waals surface area contributed by atoms with Gasteiger partial charge in [-0.1, -0.05) is 36.0 Å². The Bertz CT molecular complexity index is 1020. The molecule has 0 aliphatic carbocycles. The van der Waals surface area contributed by atoms with Crippen LogP contribution in [0.1, 0.15) is 16.7 Å². The number of hydrogen-bond acceptors (Lipinski definition) is 5. The summed E-state index contributed by atoms with van der Waals surface area (Å²) in [5.74, 6) is 2.66. The third kappa shape index (κ3) is 5.93. The number of amides is 1. The minimum absolute atomic E-state index is 0.0124. The summed E-state index contributed by atoms with van der Waals surface area (Å²) in [4.78, 5) is 19.6. The Morgan fingerprint density at radius 2 is 1.87 bits per heavy atom. The summed E-state index contributed by atoms with van der Waals surface area (Å²) in [7, 11) is 0. The summed E-state index contributed by atoms with van der Waals surface area (Å²) in [5.41, 5.74) is 5.57. The molecule has 1 aromatic heterocycles. The third-order valence-electron chi connectivity index (χ3n) is 5.21. The fourth-order valence-electron chi connectivity index (χ4n) is 3.78. The van der Waals surface area contributed by atoms with Crippen LogP contribution in [0.4, 0.5) is 5.69 Å². The molecule has 2 heterocycles. The van der Waals surface area contributed by atoms with E-state index in [0.29, 0.717) is 5.75 Å². The van der Waals surface area contributed by atoms with Crippen LogP contribution in [0.25, 0.3) is 5.69 Å². The average Bonchev–Trinajstić information content (AvgIpc) is 3.22. The van der Waals surface area contributed by atoms with Crippen molar-refractivity contribution >= 4 is 35.1 Å². The van der Waals surface area contributed by atoms with Crippen molar-refractivity contribution in [3.8, 4) is 5.69 Å². The summed E-state index contributed by atoms with van der Waals surface area (Å²) in [6.45, 7) is 7.26. The molecule has 1 aliphatic heterocycles. The second-order valence-electron chi connectivity index (χ2n) is 7.81. The number of aromatic nitrogens is 2. The van der Waals surface area contributed by atoms with Crippen molar-refractivity contribution < 1.29 is 4.79 Å². The quantitative estimate of drug-likeness (QED) is 0.524. The Morgan fingerprint density at radius 1 is 1.13 bits per heavy atom. The number of nitrogens with zero attached hydrogens (tertiary/aromatic N) is 3. The molecule has 4 rings (SSSR count). The maximum absolute atomic E-state index is 12.7. The van der Waals surface area contributed by atoms with Gasteiger partial charge in [0.05, 0.1) is 5.75 Å². The minimum Gasteiger partial charge on any atom is -0.325 e. The predicted octanol–water partition coefficient (Wildman–Crippen LogP) is 4.77. The number of carbonyl (C=O) groups is 1. The predicted molar refractivity (Wildman–Crippen MR) is 131 cm³/mol. The molecular formula is C24H28N4OS2. The monoisotopic (exact) mass is 452 g/mol. The second kappa shape index (κ2) is 10.4. The van der Waals surface area contributed by atoms with E-state index in [1.807, 2.05) is 40.7 Å². The van der Waals surface area contributed by atoms with Crippen LogP contribution < -0.4 is 5.32 Å². The molecule has 2 aromatic carbocycles. The number of benzene rings is 2. The molecule has 0 saturated carbocycles. The van der Waals surface area contributed by atoms with E-state index in [0.717, 1.165) is 36.2 Å². The van der Waals surface area contributed by atoms with Crippen molar-refractivity contribution in [2.75, 3.05) is 35.7 Å². The van der Waals surface area contributed by atoms with Crippen molar-refractivity contribution in [2.45, 2.75) is 25.5 Å². The van der Waals surface area contributed by atoms with Crippen LogP contribution >= 0.6 is 23.5 Å². The first-order chi connectivity index (χ1) is 15.1. The number of anilines is 1. The number of carbonyl (C=O) groups excluding carboxylic acids is 1. The fraction of sp³-hybridized carbons (Fsp3) is 0.333. The summed E-state index contributed by atoms with van der Waals surface area (Å²) in [5, 5.41) is 3.93. The largest absolute Gasteiger partial charge is 0.325 e. The van der Waals surface area contributed by atoms with E-state index in [9.17, 15) is 4.79 Å². The van der Waals surface area contributed by atoms with Crippen LogP contribution in [0.15, 0.2) is 60.0 Å². The summed E-state index contributed by atoms with van der Waals surface area (Å²) >= 11 is 3.46. The molecule has 0 atom stereocenters. The molecule has 1 saturated heterocycles. The van der Waals surface area contributed by atoms with Crippen LogP contribution in [0.2, 0.25) is 0 Å². The second-order valence-corrected chi connectivity index (χ2v) is 9.98. The first-order valence-corrected chi connectivity index (χ1v) is 12.7. The number of aryl methyl sites for hydroxylation is 2. The zero-order chi connectivity index (χ0) is 21.6. The fourth-order valence-corrected chi connectivity index (χ4v) is 5.53. The van der Waals surface area contributed by atoms with Gasteiger partial charge >= 0.3 is 0 Å². The van der Waals surface area contributed by atoms with Crippen molar-refractivity contribution in [3.63, 3.8) is 0 Å². The molecule has 0 radical (unpaired) electrons. The molecule has 1 fully saturated rings. The summed E-state index contributed by atoms with van der Waals surface area (Å²) in [6, 6.07) is 14.5. The number of para-hydroxylation sites is 1. The highest BCUT2D eigenvalue weighted by Crippen LogP contribution is 2.24. The Morgan fingerprint density at radius 3 is 2.65 bits per heavy atom. The standard InChI is InChI=1S/C24H28N4OS2/c1-18-13-19(2)15-21(14-18)28-8-7-25-24(28)31-17-23(29)26-22-6-4-3-5-20(22)16-27-9-11-30-12-10-27/h3-8,13-15H,9-12,16-17H2,1-2H3,(H,26,29). The first kappa shape index (κ1) is 22.0. The van der Waals surface area contributed by atoms with E-state index >= 15 is 0 Å². The van der Waals surface area contributed by atoms with E-state index < -0.39 is 0 Å². The van der Waals surface area contributed by atoms with Crippen molar-refractivity contribution in [3.05, 3.63) is 71.5 Å². The first-order valence-electron chi connectivity index (χ1n) is 10.5. The van der Waals surface area contributed by atoms with Crippen molar-refractivity contribution in [2.24, 2.45) is 0 Å². The Hall–Kier alpha value is -2.22. The molecule has 31 heavy (non-hydrogen) atoms. The van der Waals surface area contributed by atoms with Gasteiger partial charge in [0.25, 0.3) is 0 Å². The van der Waals surface area contributed by atoms with Crippen LogP contribution in [-0.4, -0.2) is 50.7 Å². The van der Waals surface area contributed by atoms with Crippen LogP contribution in [0, 0.1) is 13.8 Å². The topological polar surface area (TPSA) is 50.2 Å². The maximum atomic E-state index is 12.7. The van der Waals surface area contributed by atoms with Crippen molar-refractivity contribution in [1.29, 1.82) is 0 Å². The average molecular weight is 453 g/mol. The summed E-state index contributed by atoms with van der Waals surface area (Å²) < 4.78 is 2.04. The zero-order valence-corrected chi connectivity index (χ0v) is 19.6. The highest BCUT2D eigenvalue weighted by Gasteiger charge is 2.15. The van der Waals surface area contributed by atoms with Gasteiger partial charge in [0.15, 0.2) is 5.16 Å². The van der Waals surface area contributed by atoms with Gasteiger partial charge in [-0.3, -0.25) is 14.3 Å². The van der Waals surface area contributed by atoms with Crippen LogP contribution in [0.3, 0.4) is 0 Å². The van der Waals surface area contributed by atoms with Gasteiger partial charge in [0.2, 0.25) is 5.91 Å². The molecule has 0 bridgehead atoms. The lowest BCUT2D eigenvalue weighted by Gasteiger charge is -2.27. The number of hydrogen-bond donors (Lipinski definition) is 1. The van der Waals surface area contributed by atoms with Gasteiger partial charge in [0.1, 0.15) is 0 Å². The highest BCUT2D eigenvalue weighted by atomic mass is 32.2. The van der Waals surface area contributed by atoms with E-state index in [2.05, 4.69) is 53.3 Å². The van der Waals surface area contributed by atoms with Crippen LogP contribution in [-0.2, 0) is 11.3 Å². The number of imidazole rings is 1. The molecule has 1 amide bonds. The van der Waals surface area contributed by atoms with E-state index in [4.69, 9.17) is 0 Å². The van der Waals surface area contributed by atoms with Gasteiger partial charge in [-0.25, -0.2) is 4.98 Å². The third-order valence-corrected chi connectivity index (χ3v) is 7.12. The molecule has 1 aliphatic rings. The Kier molecular flexibility index (Phi) is 7.37.